The van der Waals surface area contributed by atoms with Gasteiger partial charge in [0.15, 0.2) is 17.3 Å². The van der Waals surface area contributed by atoms with E-state index in [1.165, 1.54) is 0 Å². The number of hydrogen-bond acceptors (Lipinski definition) is 5. The van der Waals surface area contributed by atoms with Crippen LogP contribution in [0.15, 0.2) is 30.5 Å². The first-order valence-corrected chi connectivity index (χ1v) is 6.03. The molecule has 0 radical (unpaired) electrons. The lowest BCUT2D eigenvalue weighted by atomic mass is 10.2. The number of rotatable bonds is 5. The number of nitrogens with two attached hydrogens (primary N) is 1. The highest BCUT2D eigenvalue weighted by Gasteiger charge is 2.08. The average Bonchev–Trinajstić information content (AvgIpc) is 2.47. The minimum absolute atomic E-state index is 0.572. The Morgan fingerprint density at radius 2 is 1.89 bits per heavy atom. The minimum atomic E-state index is 0.572. The van der Waals surface area contributed by atoms with E-state index >= 15 is 0 Å². The lowest BCUT2D eigenvalue weighted by molar-refractivity contribution is 0.355. The molecule has 100 valence electrons. The van der Waals surface area contributed by atoms with Gasteiger partial charge in [-0.2, -0.15) is 0 Å². The van der Waals surface area contributed by atoms with Crippen molar-refractivity contribution in [3.8, 4) is 22.9 Å². The molecule has 0 unspecified atom stereocenters. The van der Waals surface area contributed by atoms with Crippen LogP contribution in [0.25, 0.3) is 11.4 Å². The number of benzene rings is 1. The molecule has 0 aliphatic rings. The van der Waals surface area contributed by atoms with E-state index < -0.39 is 0 Å². The van der Waals surface area contributed by atoms with E-state index in [0.717, 1.165) is 17.7 Å². The maximum atomic E-state index is 5.54. The second-order valence-corrected chi connectivity index (χ2v) is 3.98. The second kappa shape index (κ2) is 6.15. The summed E-state index contributed by atoms with van der Waals surface area (Å²) in [5, 5.41) is 0. The zero-order valence-electron chi connectivity index (χ0n) is 11.1. The fourth-order valence-corrected chi connectivity index (χ4v) is 1.80. The van der Waals surface area contributed by atoms with E-state index in [-0.39, 0.29) is 0 Å². The van der Waals surface area contributed by atoms with E-state index in [1.54, 1.807) is 20.4 Å². The predicted molar refractivity (Wildman–Crippen MR) is 73.3 cm³/mol. The van der Waals surface area contributed by atoms with E-state index in [4.69, 9.17) is 15.2 Å². The summed E-state index contributed by atoms with van der Waals surface area (Å²) in [6, 6.07) is 7.48. The van der Waals surface area contributed by atoms with Crippen LogP contribution in [0.5, 0.6) is 11.5 Å². The molecule has 1 aromatic carbocycles. The summed E-state index contributed by atoms with van der Waals surface area (Å²) in [5.74, 6) is 2.00. The van der Waals surface area contributed by atoms with Gasteiger partial charge >= 0.3 is 0 Å². The van der Waals surface area contributed by atoms with Crippen molar-refractivity contribution in [1.29, 1.82) is 0 Å². The summed E-state index contributed by atoms with van der Waals surface area (Å²) in [4.78, 5) is 8.75. The fourth-order valence-electron chi connectivity index (χ4n) is 1.80. The third-order valence-electron chi connectivity index (χ3n) is 2.76. The van der Waals surface area contributed by atoms with Crippen LogP contribution < -0.4 is 15.2 Å². The molecule has 0 aliphatic heterocycles. The van der Waals surface area contributed by atoms with Crippen LogP contribution in [0.4, 0.5) is 0 Å². The van der Waals surface area contributed by atoms with Gasteiger partial charge in [0.05, 0.1) is 14.2 Å². The molecule has 0 saturated carbocycles. The van der Waals surface area contributed by atoms with Crippen molar-refractivity contribution in [3.05, 3.63) is 36.2 Å². The molecule has 19 heavy (non-hydrogen) atoms. The smallest absolute Gasteiger partial charge is 0.161 e. The predicted octanol–water partition coefficient (Wildman–Crippen LogP) is 1.66. The standard InChI is InChI=1S/C14H17N3O2/c1-18-12-4-3-10(9-13(12)19-2)14-16-8-6-11(17-14)5-7-15/h3-4,6,8-9H,5,7,15H2,1-2H3. The number of methoxy groups -OCH3 is 2. The average molecular weight is 259 g/mol. The van der Waals surface area contributed by atoms with E-state index in [0.29, 0.717) is 23.9 Å². The lowest BCUT2D eigenvalue weighted by Gasteiger charge is -2.09. The molecule has 0 atom stereocenters. The molecule has 1 aromatic heterocycles. The van der Waals surface area contributed by atoms with Crippen molar-refractivity contribution >= 4 is 0 Å². The normalized spacial score (nSPS) is 10.3. The third kappa shape index (κ3) is 3.00. The van der Waals surface area contributed by atoms with Gasteiger partial charge in [-0.1, -0.05) is 0 Å². The van der Waals surface area contributed by atoms with Gasteiger partial charge in [-0.25, -0.2) is 9.97 Å². The summed E-state index contributed by atoms with van der Waals surface area (Å²) in [6.07, 6.45) is 2.48. The van der Waals surface area contributed by atoms with E-state index in [2.05, 4.69) is 9.97 Å². The highest BCUT2D eigenvalue weighted by molar-refractivity contribution is 5.61. The summed E-state index contributed by atoms with van der Waals surface area (Å²) in [7, 11) is 3.21. The monoisotopic (exact) mass is 259 g/mol. The Hall–Kier alpha value is -2.14. The Balaban J connectivity index is 2.38. The summed E-state index contributed by atoms with van der Waals surface area (Å²) >= 11 is 0. The largest absolute Gasteiger partial charge is 0.493 e. The molecule has 2 aromatic rings. The highest BCUT2D eigenvalue weighted by Crippen LogP contribution is 2.30. The topological polar surface area (TPSA) is 70.3 Å². The number of nitrogens with zero attached hydrogens (tertiary/aromatic N) is 2. The van der Waals surface area contributed by atoms with Gasteiger partial charge in [-0.15, -0.1) is 0 Å². The molecule has 2 rings (SSSR count). The Morgan fingerprint density at radius 3 is 2.58 bits per heavy atom. The number of aromatic nitrogens is 2. The summed E-state index contributed by atoms with van der Waals surface area (Å²) < 4.78 is 10.5. The first-order valence-electron chi connectivity index (χ1n) is 6.03. The maximum absolute atomic E-state index is 5.54. The Labute approximate surface area is 112 Å². The van der Waals surface area contributed by atoms with Gasteiger partial charge < -0.3 is 15.2 Å². The van der Waals surface area contributed by atoms with Crippen LogP contribution in [0.2, 0.25) is 0 Å². The molecule has 1 heterocycles. The third-order valence-corrected chi connectivity index (χ3v) is 2.76. The van der Waals surface area contributed by atoms with Crippen LogP contribution in [0.1, 0.15) is 5.69 Å². The lowest BCUT2D eigenvalue weighted by Crippen LogP contribution is -2.05. The quantitative estimate of drug-likeness (QED) is 0.884. The molecule has 0 bridgehead atoms. The second-order valence-electron chi connectivity index (χ2n) is 3.98. The first-order chi connectivity index (χ1) is 9.28. The molecular weight excluding hydrogens is 242 g/mol. The fraction of sp³-hybridized carbons (Fsp3) is 0.286. The van der Waals surface area contributed by atoms with E-state index in [9.17, 15) is 0 Å². The summed E-state index contributed by atoms with van der Waals surface area (Å²) in [6.45, 7) is 0.572. The molecule has 2 N–H and O–H groups in total. The Bertz CT molecular complexity index is 558. The van der Waals surface area contributed by atoms with Gasteiger partial charge in [-0.05, 0) is 30.8 Å². The first kappa shape index (κ1) is 13.3. The minimum Gasteiger partial charge on any atom is -0.493 e. The molecule has 0 fully saturated rings. The molecule has 0 saturated heterocycles. The maximum Gasteiger partial charge on any atom is 0.161 e. The van der Waals surface area contributed by atoms with E-state index in [1.807, 2.05) is 24.3 Å². The molecular formula is C14H17N3O2. The van der Waals surface area contributed by atoms with Crippen molar-refractivity contribution in [2.24, 2.45) is 5.73 Å². The van der Waals surface area contributed by atoms with Gasteiger partial charge in [0, 0.05) is 23.9 Å². The zero-order valence-corrected chi connectivity index (χ0v) is 11.1. The zero-order chi connectivity index (χ0) is 13.7. The highest BCUT2D eigenvalue weighted by atomic mass is 16.5. The van der Waals surface area contributed by atoms with Crippen LogP contribution in [0, 0.1) is 0 Å². The Kier molecular flexibility index (Phi) is 4.30. The van der Waals surface area contributed by atoms with Crippen molar-refractivity contribution in [3.63, 3.8) is 0 Å². The Morgan fingerprint density at radius 1 is 1.11 bits per heavy atom. The van der Waals surface area contributed by atoms with Gasteiger partial charge in [0.1, 0.15) is 0 Å². The number of hydrogen-bond donors (Lipinski definition) is 1. The molecule has 5 heteroatoms. The van der Waals surface area contributed by atoms with Gasteiger partial charge in [0.25, 0.3) is 0 Å². The van der Waals surface area contributed by atoms with Gasteiger partial charge in [0.2, 0.25) is 0 Å². The van der Waals surface area contributed by atoms with Crippen LogP contribution in [-0.4, -0.2) is 30.7 Å². The van der Waals surface area contributed by atoms with Crippen molar-refractivity contribution < 1.29 is 9.47 Å². The van der Waals surface area contributed by atoms with Crippen LogP contribution >= 0.6 is 0 Å². The van der Waals surface area contributed by atoms with Crippen molar-refractivity contribution in [2.75, 3.05) is 20.8 Å². The van der Waals surface area contributed by atoms with Crippen molar-refractivity contribution in [2.45, 2.75) is 6.42 Å². The van der Waals surface area contributed by atoms with Crippen LogP contribution in [-0.2, 0) is 6.42 Å². The summed E-state index contributed by atoms with van der Waals surface area (Å²) in [5.41, 5.74) is 7.35. The van der Waals surface area contributed by atoms with Gasteiger partial charge in [-0.3, -0.25) is 0 Å². The number of ether oxygens (including phenoxy) is 2. The molecule has 0 amide bonds. The van der Waals surface area contributed by atoms with Crippen LogP contribution in [0.3, 0.4) is 0 Å². The van der Waals surface area contributed by atoms with Crippen molar-refractivity contribution in [1.82, 2.24) is 9.97 Å². The molecule has 0 aliphatic carbocycles. The molecule has 0 spiro atoms. The SMILES string of the molecule is COc1ccc(-c2nccc(CCN)n2)cc1OC. The molecule has 5 nitrogen and oxygen atoms in total.